The van der Waals surface area contributed by atoms with Gasteiger partial charge < -0.3 is 20.3 Å². The molecule has 0 radical (unpaired) electrons. The number of rotatable bonds is 6. The molecule has 1 aliphatic rings. The zero-order valence-electron chi connectivity index (χ0n) is 18.5. The highest BCUT2D eigenvalue weighted by molar-refractivity contribution is 5.78. The van der Waals surface area contributed by atoms with Gasteiger partial charge in [0.15, 0.2) is 5.82 Å². The number of hydrogen-bond donors (Lipinski definition) is 3. The first-order chi connectivity index (χ1) is 17.0. The molecule has 0 bridgehead atoms. The maximum atomic E-state index is 13.7. The molecule has 0 saturated carbocycles. The van der Waals surface area contributed by atoms with Gasteiger partial charge in [0.05, 0.1) is 11.3 Å². The largest absolute Gasteiger partial charge is 0.439 e. The Morgan fingerprint density at radius 3 is 2.43 bits per heavy atom. The van der Waals surface area contributed by atoms with E-state index in [0.717, 1.165) is 38.1 Å². The van der Waals surface area contributed by atoms with Crippen LogP contribution in [-0.4, -0.2) is 46.3 Å². The highest BCUT2D eigenvalue weighted by Crippen LogP contribution is 2.39. The monoisotopic (exact) mass is 481 g/mol. The Balaban J connectivity index is 1.41. The quantitative estimate of drug-likeness (QED) is 0.363. The van der Waals surface area contributed by atoms with E-state index in [0.29, 0.717) is 22.8 Å². The average Bonchev–Trinajstić information content (AvgIpc) is 3.40. The molecule has 2 aromatic heterocycles. The van der Waals surface area contributed by atoms with Crippen LogP contribution in [0.15, 0.2) is 67.1 Å². The van der Waals surface area contributed by atoms with Crippen molar-refractivity contribution < 1.29 is 17.9 Å². The summed E-state index contributed by atoms with van der Waals surface area (Å²) in [5, 5.41) is 12.7. The molecule has 1 saturated heterocycles. The van der Waals surface area contributed by atoms with Gasteiger partial charge in [-0.1, -0.05) is 12.1 Å². The molecule has 8 nitrogen and oxygen atoms in total. The second-order valence-corrected chi connectivity index (χ2v) is 7.90. The van der Waals surface area contributed by atoms with E-state index in [2.05, 4.69) is 35.7 Å². The molecule has 35 heavy (non-hydrogen) atoms. The minimum absolute atomic E-state index is 0.0348. The number of benzene rings is 2. The zero-order chi connectivity index (χ0) is 24.3. The van der Waals surface area contributed by atoms with E-state index >= 15 is 0 Å². The predicted molar refractivity (Wildman–Crippen MR) is 126 cm³/mol. The Kier molecular flexibility index (Phi) is 6.23. The predicted octanol–water partition coefficient (Wildman–Crippen LogP) is 4.83. The van der Waals surface area contributed by atoms with Crippen molar-refractivity contribution in [2.24, 2.45) is 0 Å². The van der Waals surface area contributed by atoms with Crippen LogP contribution in [0.3, 0.4) is 0 Å². The first-order valence-corrected chi connectivity index (χ1v) is 11.0. The highest BCUT2D eigenvalue weighted by atomic mass is 19.4. The van der Waals surface area contributed by atoms with Gasteiger partial charge in [0.1, 0.15) is 12.1 Å². The average molecular weight is 481 g/mol. The smallest absolute Gasteiger partial charge is 0.419 e. The van der Waals surface area contributed by atoms with Crippen LogP contribution >= 0.6 is 0 Å². The maximum Gasteiger partial charge on any atom is 0.419 e. The third-order valence-corrected chi connectivity index (χ3v) is 5.59. The standard InChI is InChI=1S/C24H22F3N7O/c25-24(26,27)19-14-29-22(35-17-7-5-16(6-8-17)34-11-9-28-10-12-34)13-21(19)32-20-4-2-1-3-18(20)23-30-15-31-33-23/h1-8,13-15,28H,9-12H2,(H,29,32)(H,30,31,33). The number of alkyl halides is 3. The van der Waals surface area contributed by atoms with Crippen molar-refractivity contribution in [3.05, 3.63) is 72.7 Å². The molecule has 1 aliphatic heterocycles. The lowest BCUT2D eigenvalue weighted by molar-refractivity contribution is -0.137. The van der Waals surface area contributed by atoms with Crippen LogP contribution in [0.25, 0.3) is 11.4 Å². The van der Waals surface area contributed by atoms with Crippen LogP contribution in [-0.2, 0) is 6.18 Å². The van der Waals surface area contributed by atoms with Gasteiger partial charge in [0.2, 0.25) is 5.88 Å². The van der Waals surface area contributed by atoms with Crippen molar-refractivity contribution in [3.63, 3.8) is 0 Å². The molecule has 4 aromatic rings. The minimum atomic E-state index is -4.61. The lowest BCUT2D eigenvalue weighted by Crippen LogP contribution is -2.43. The Morgan fingerprint density at radius 2 is 1.71 bits per heavy atom. The highest BCUT2D eigenvalue weighted by Gasteiger charge is 2.34. The molecular formula is C24H22F3N7O. The fourth-order valence-corrected chi connectivity index (χ4v) is 3.87. The summed E-state index contributed by atoms with van der Waals surface area (Å²) in [5.41, 5.74) is 0.956. The number of hydrogen-bond acceptors (Lipinski definition) is 7. The number of ether oxygens (including phenoxy) is 1. The van der Waals surface area contributed by atoms with E-state index in [-0.39, 0.29) is 11.6 Å². The molecule has 0 unspecified atom stereocenters. The van der Waals surface area contributed by atoms with Crippen molar-refractivity contribution >= 4 is 17.1 Å². The molecular weight excluding hydrogens is 459 g/mol. The van der Waals surface area contributed by atoms with E-state index in [1.54, 1.807) is 36.4 Å². The molecule has 2 aromatic carbocycles. The van der Waals surface area contributed by atoms with Crippen LogP contribution in [0.1, 0.15) is 5.56 Å². The first-order valence-electron chi connectivity index (χ1n) is 11.0. The zero-order valence-corrected chi connectivity index (χ0v) is 18.5. The Morgan fingerprint density at radius 1 is 0.943 bits per heavy atom. The SMILES string of the molecule is FC(F)(F)c1cnc(Oc2ccc(N3CCNCC3)cc2)cc1Nc1ccccc1-c1ncn[nH]1. The molecule has 3 N–H and O–H groups in total. The second kappa shape index (κ2) is 9.63. The van der Waals surface area contributed by atoms with Crippen molar-refractivity contribution in [2.45, 2.75) is 6.18 Å². The van der Waals surface area contributed by atoms with E-state index in [1.165, 1.54) is 12.4 Å². The van der Waals surface area contributed by atoms with Gasteiger partial charge in [-0.05, 0) is 36.4 Å². The molecule has 0 amide bonds. The van der Waals surface area contributed by atoms with Crippen molar-refractivity contribution in [3.8, 4) is 23.0 Å². The van der Waals surface area contributed by atoms with E-state index < -0.39 is 11.7 Å². The summed E-state index contributed by atoms with van der Waals surface area (Å²) in [6.07, 6.45) is -2.51. The number of nitrogens with one attached hydrogen (secondary N) is 3. The topological polar surface area (TPSA) is 91.0 Å². The van der Waals surface area contributed by atoms with E-state index in [1.807, 2.05) is 12.1 Å². The van der Waals surface area contributed by atoms with E-state index in [4.69, 9.17) is 4.74 Å². The summed E-state index contributed by atoms with van der Waals surface area (Å²) in [6.45, 7) is 3.66. The third-order valence-electron chi connectivity index (χ3n) is 5.59. The number of para-hydroxylation sites is 1. The number of piperazine rings is 1. The van der Waals surface area contributed by atoms with Crippen molar-refractivity contribution in [2.75, 3.05) is 36.4 Å². The lowest BCUT2D eigenvalue weighted by Gasteiger charge is -2.29. The number of aromatic nitrogens is 4. The minimum Gasteiger partial charge on any atom is -0.439 e. The van der Waals surface area contributed by atoms with Gasteiger partial charge >= 0.3 is 6.18 Å². The molecule has 1 fully saturated rings. The molecule has 3 heterocycles. The lowest BCUT2D eigenvalue weighted by atomic mass is 10.1. The molecule has 0 aliphatic carbocycles. The van der Waals surface area contributed by atoms with Gasteiger partial charge in [0, 0.05) is 55.4 Å². The normalized spacial score (nSPS) is 14.1. The van der Waals surface area contributed by atoms with Crippen LogP contribution < -0.4 is 20.3 Å². The van der Waals surface area contributed by atoms with Crippen LogP contribution in [0, 0.1) is 0 Å². The van der Waals surface area contributed by atoms with Crippen LogP contribution in [0.5, 0.6) is 11.6 Å². The van der Waals surface area contributed by atoms with Crippen molar-refractivity contribution in [1.29, 1.82) is 0 Å². The molecule has 0 spiro atoms. The number of H-pyrrole nitrogens is 1. The van der Waals surface area contributed by atoms with Crippen LogP contribution in [0.4, 0.5) is 30.2 Å². The summed E-state index contributed by atoms with van der Waals surface area (Å²) in [7, 11) is 0. The summed E-state index contributed by atoms with van der Waals surface area (Å²) in [5.74, 6) is 0.938. The van der Waals surface area contributed by atoms with Gasteiger partial charge in [-0.3, -0.25) is 5.10 Å². The molecule has 180 valence electrons. The number of nitrogens with zero attached hydrogens (tertiary/aromatic N) is 4. The number of aromatic amines is 1. The van der Waals surface area contributed by atoms with Gasteiger partial charge in [0.25, 0.3) is 0 Å². The van der Waals surface area contributed by atoms with Crippen molar-refractivity contribution in [1.82, 2.24) is 25.5 Å². The number of anilines is 3. The Bertz CT molecular complexity index is 1270. The summed E-state index contributed by atoms with van der Waals surface area (Å²) < 4.78 is 47.0. The molecule has 11 heteroatoms. The fourth-order valence-electron chi connectivity index (χ4n) is 3.87. The van der Waals surface area contributed by atoms with Crippen LogP contribution in [0.2, 0.25) is 0 Å². The molecule has 0 atom stereocenters. The summed E-state index contributed by atoms with van der Waals surface area (Å²) in [6, 6.07) is 15.5. The van der Waals surface area contributed by atoms with Gasteiger partial charge in [-0.2, -0.15) is 18.3 Å². The molecule has 5 rings (SSSR count). The third kappa shape index (κ3) is 5.19. The second-order valence-electron chi connectivity index (χ2n) is 7.90. The maximum absolute atomic E-state index is 13.7. The number of pyridine rings is 1. The summed E-state index contributed by atoms with van der Waals surface area (Å²) in [4.78, 5) is 10.3. The van der Waals surface area contributed by atoms with Gasteiger partial charge in [-0.15, -0.1) is 0 Å². The summed E-state index contributed by atoms with van der Waals surface area (Å²) >= 11 is 0. The van der Waals surface area contributed by atoms with E-state index in [9.17, 15) is 13.2 Å². The Hall–Kier alpha value is -4.12. The van der Waals surface area contributed by atoms with Gasteiger partial charge in [-0.25, -0.2) is 9.97 Å². The fraction of sp³-hybridized carbons (Fsp3) is 0.208. The number of halogens is 3. The Labute approximate surface area is 199 Å². The first kappa shape index (κ1) is 22.7.